The average molecular weight is 329 g/mol. The normalized spacial score (nSPS) is 23.6. The first-order valence-electron chi connectivity index (χ1n) is 7.92. The topological polar surface area (TPSA) is 37.4 Å². The summed E-state index contributed by atoms with van der Waals surface area (Å²) in [5.41, 5.74) is 0.545. The van der Waals surface area contributed by atoms with Crippen LogP contribution in [0.25, 0.3) is 0 Å². The van der Waals surface area contributed by atoms with E-state index in [1.54, 1.807) is 0 Å². The number of nitrogens with zero attached hydrogens (tertiary/aromatic N) is 1. The molecule has 0 N–H and O–H groups in total. The van der Waals surface area contributed by atoms with E-state index in [0.29, 0.717) is 30.9 Å². The lowest BCUT2D eigenvalue weighted by atomic mass is 9.84. The molecule has 0 bridgehead atoms. The van der Waals surface area contributed by atoms with E-state index in [-0.39, 0.29) is 11.8 Å². The molecule has 1 unspecified atom stereocenters. The van der Waals surface area contributed by atoms with Gasteiger partial charge in [0.05, 0.1) is 5.75 Å². The lowest BCUT2D eigenvalue weighted by Crippen LogP contribution is -2.33. The second-order valence-corrected chi connectivity index (χ2v) is 8.38. The molecule has 0 radical (unpaired) electrons. The van der Waals surface area contributed by atoms with E-state index in [2.05, 4.69) is 0 Å². The minimum atomic E-state index is -3.33. The maximum absolute atomic E-state index is 13.4. The van der Waals surface area contributed by atoms with Gasteiger partial charge in [-0.2, -0.15) is 4.31 Å². The zero-order chi connectivity index (χ0) is 15.7. The molecule has 3 rings (SSSR count). The second-order valence-electron chi connectivity index (χ2n) is 6.34. The molecule has 1 heterocycles. The maximum atomic E-state index is 13.4. The Hall–Kier alpha value is -1.01. The van der Waals surface area contributed by atoms with Gasteiger partial charge in [0.2, 0.25) is 10.0 Å². The molecule has 1 aromatic rings. The number of sulfonamides is 1. The molecule has 0 aromatic heterocycles. The Bertz CT molecular complexity index is 644. The van der Waals surface area contributed by atoms with E-state index in [1.165, 1.54) is 16.8 Å². The number of benzene rings is 1. The van der Waals surface area contributed by atoms with Crippen molar-refractivity contribution >= 4 is 10.0 Å². The van der Waals surface area contributed by atoms with Gasteiger partial charge >= 0.3 is 0 Å². The minimum absolute atomic E-state index is 0.165. The van der Waals surface area contributed by atoms with Crippen LogP contribution in [0, 0.1) is 17.6 Å². The van der Waals surface area contributed by atoms with Gasteiger partial charge in [0.15, 0.2) is 11.6 Å². The summed E-state index contributed by atoms with van der Waals surface area (Å²) in [7, 11) is -3.33. The first-order valence-corrected chi connectivity index (χ1v) is 9.53. The molecule has 0 spiro atoms. The third-order valence-corrected chi connectivity index (χ3v) is 6.80. The summed E-state index contributed by atoms with van der Waals surface area (Å²) in [6.45, 7) is 0.469. The van der Waals surface area contributed by atoms with Crippen LogP contribution in [0.2, 0.25) is 0 Å². The van der Waals surface area contributed by atoms with E-state index in [4.69, 9.17) is 0 Å². The molecule has 0 amide bonds. The van der Waals surface area contributed by atoms with Crippen LogP contribution in [0.15, 0.2) is 18.2 Å². The third-order valence-electron chi connectivity index (χ3n) is 4.90. The van der Waals surface area contributed by atoms with Crippen LogP contribution in [-0.4, -0.2) is 25.0 Å². The van der Waals surface area contributed by atoms with Gasteiger partial charge in [0.1, 0.15) is 0 Å². The van der Waals surface area contributed by atoms with E-state index >= 15 is 0 Å². The average Bonchev–Trinajstić information content (AvgIpc) is 2.90. The molecule has 6 heteroatoms. The summed E-state index contributed by atoms with van der Waals surface area (Å²) in [5, 5.41) is 0. The van der Waals surface area contributed by atoms with Gasteiger partial charge in [-0.15, -0.1) is 0 Å². The first kappa shape index (κ1) is 15.9. The van der Waals surface area contributed by atoms with E-state index < -0.39 is 21.7 Å². The standard InChI is InChI=1S/C16H21F2NO2S/c17-14-7-6-13(11-15(14)18)16-5-2-9-19(16)22(20,21)10-8-12-3-1-4-12/h6-7,11-12,16H,1-5,8-10H2. The molecule has 22 heavy (non-hydrogen) atoms. The van der Waals surface area contributed by atoms with Crippen molar-refractivity contribution in [2.75, 3.05) is 12.3 Å². The van der Waals surface area contributed by atoms with E-state index in [9.17, 15) is 17.2 Å². The SMILES string of the molecule is O=S(=O)(CCC1CCC1)N1CCCC1c1ccc(F)c(F)c1. The first-order chi connectivity index (χ1) is 10.5. The summed E-state index contributed by atoms with van der Waals surface area (Å²) < 4.78 is 53.1. The van der Waals surface area contributed by atoms with Crippen LogP contribution in [0.3, 0.4) is 0 Å². The van der Waals surface area contributed by atoms with Gasteiger partial charge in [-0.1, -0.05) is 25.3 Å². The fourth-order valence-electron chi connectivity index (χ4n) is 3.34. The number of hydrogen-bond acceptors (Lipinski definition) is 2. The van der Waals surface area contributed by atoms with Gasteiger partial charge in [-0.05, 0) is 42.9 Å². The Morgan fingerprint density at radius 1 is 1.09 bits per heavy atom. The highest BCUT2D eigenvalue weighted by molar-refractivity contribution is 7.89. The predicted octanol–water partition coefficient (Wildman–Crippen LogP) is 3.62. The molecule has 2 fully saturated rings. The van der Waals surface area contributed by atoms with Gasteiger partial charge in [0.25, 0.3) is 0 Å². The monoisotopic (exact) mass is 329 g/mol. The lowest BCUT2D eigenvalue weighted by molar-refractivity contribution is 0.304. The van der Waals surface area contributed by atoms with Crippen LogP contribution >= 0.6 is 0 Å². The summed E-state index contributed by atoms with van der Waals surface area (Å²) in [6, 6.07) is 3.33. The molecular weight excluding hydrogens is 308 g/mol. The summed E-state index contributed by atoms with van der Waals surface area (Å²) in [5.74, 6) is -1.12. The highest BCUT2D eigenvalue weighted by atomic mass is 32.2. The van der Waals surface area contributed by atoms with Crippen LogP contribution in [0.5, 0.6) is 0 Å². The summed E-state index contributed by atoms with van der Waals surface area (Å²) >= 11 is 0. The summed E-state index contributed by atoms with van der Waals surface area (Å²) in [6.07, 6.45) is 5.58. The predicted molar refractivity (Wildman–Crippen MR) is 80.8 cm³/mol. The quantitative estimate of drug-likeness (QED) is 0.827. The molecule has 1 aliphatic heterocycles. The van der Waals surface area contributed by atoms with Crippen molar-refractivity contribution in [3.63, 3.8) is 0 Å². The summed E-state index contributed by atoms with van der Waals surface area (Å²) in [4.78, 5) is 0. The largest absolute Gasteiger partial charge is 0.214 e. The second kappa shape index (κ2) is 6.24. The van der Waals surface area contributed by atoms with Gasteiger partial charge in [-0.25, -0.2) is 17.2 Å². The Balaban J connectivity index is 1.75. The highest BCUT2D eigenvalue weighted by Crippen LogP contribution is 2.36. The maximum Gasteiger partial charge on any atom is 0.214 e. The third kappa shape index (κ3) is 3.18. The molecule has 3 nitrogen and oxygen atoms in total. The van der Waals surface area contributed by atoms with Crippen molar-refractivity contribution in [1.82, 2.24) is 4.31 Å². The number of hydrogen-bond donors (Lipinski definition) is 0. The van der Waals surface area contributed by atoms with Gasteiger partial charge < -0.3 is 0 Å². The fraction of sp³-hybridized carbons (Fsp3) is 0.625. The molecule has 1 aliphatic carbocycles. The molecule has 1 saturated heterocycles. The lowest BCUT2D eigenvalue weighted by Gasteiger charge is -2.28. The fourth-order valence-corrected chi connectivity index (χ4v) is 5.23. The van der Waals surface area contributed by atoms with Crippen molar-refractivity contribution in [3.8, 4) is 0 Å². The van der Waals surface area contributed by atoms with E-state index in [0.717, 1.165) is 31.4 Å². The highest BCUT2D eigenvalue weighted by Gasteiger charge is 2.35. The molecule has 1 saturated carbocycles. The Morgan fingerprint density at radius 2 is 1.86 bits per heavy atom. The van der Waals surface area contributed by atoms with Crippen molar-refractivity contribution in [1.29, 1.82) is 0 Å². The zero-order valence-corrected chi connectivity index (χ0v) is 13.3. The molecule has 122 valence electrons. The van der Waals surface area contributed by atoms with E-state index in [1.807, 2.05) is 0 Å². The molecule has 1 atom stereocenters. The van der Waals surface area contributed by atoms with Crippen molar-refractivity contribution in [2.24, 2.45) is 5.92 Å². The Kier molecular flexibility index (Phi) is 4.50. The van der Waals surface area contributed by atoms with Crippen LogP contribution in [-0.2, 0) is 10.0 Å². The van der Waals surface area contributed by atoms with Crippen molar-refractivity contribution in [2.45, 2.75) is 44.6 Å². The number of rotatable bonds is 5. The Morgan fingerprint density at radius 3 is 2.50 bits per heavy atom. The van der Waals surface area contributed by atoms with Crippen molar-refractivity contribution in [3.05, 3.63) is 35.4 Å². The van der Waals surface area contributed by atoms with Crippen LogP contribution < -0.4 is 0 Å². The molecular formula is C16H21F2NO2S. The van der Waals surface area contributed by atoms with Crippen LogP contribution in [0.1, 0.15) is 50.1 Å². The minimum Gasteiger partial charge on any atom is -0.212 e. The van der Waals surface area contributed by atoms with Crippen LogP contribution in [0.4, 0.5) is 8.78 Å². The Labute approximate surface area is 130 Å². The van der Waals surface area contributed by atoms with Crippen molar-refractivity contribution < 1.29 is 17.2 Å². The number of halogens is 2. The molecule has 2 aliphatic rings. The molecule has 1 aromatic carbocycles. The van der Waals surface area contributed by atoms with Gasteiger partial charge in [-0.3, -0.25) is 0 Å². The smallest absolute Gasteiger partial charge is 0.212 e. The van der Waals surface area contributed by atoms with Gasteiger partial charge in [0, 0.05) is 12.6 Å². The zero-order valence-electron chi connectivity index (χ0n) is 12.5.